The van der Waals surface area contributed by atoms with Gasteiger partial charge in [0.05, 0.1) is 6.54 Å². The first-order chi connectivity index (χ1) is 8.27. The van der Waals surface area contributed by atoms with Gasteiger partial charge in [0.15, 0.2) is 0 Å². The molecule has 0 aliphatic carbocycles. The summed E-state index contributed by atoms with van der Waals surface area (Å²) in [5, 5.41) is 2.94. The zero-order chi connectivity index (χ0) is 12.5. The first-order valence-electron chi connectivity index (χ1n) is 6.34. The van der Waals surface area contributed by atoms with Crippen LogP contribution in [0.4, 0.5) is 5.69 Å². The molecule has 0 heterocycles. The van der Waals surface area contributed by atoms with Gasteiger partial charge in [-0.05, 0) is 25.5 Å². The van der Waals surface area contributed by atoms with E-state index < -0.39 is 0 Å². The van der Waals surface area contributed by atoms with E-state index in [1.54, 1.807) is 0 Å². The first kappa shape index (κ1) is 13.6. The maximum Gasteiger partial charge on any atom is 0.239 e. The van der Waals surface area contributed by atoms with E-state index in [1.807, 2.05) is 30.3 Å². The topological polar surface area (TPSA) is 32.3 Å². The Morgan fingerprint density at radius 3 is 2.53 bits per heavy atom. The van der Waals surface area contributed by atoms with Crippen LogP contribution in [0.15, 0.2) is 30.3 Å². The zero-order valence-corrected chi connectivity index (χ0v) is 10.8. The van der Waals surface area contributed by atoms with Gasteiger partial charge in [0.2, 0.25) is 5.91 Å². The summed E-state index contributed by atoms with van der Waals surface area (Å²) in [5.74, 6) is 0.101. The van der Waals surface area contributed by atoms with Crippen LogP contribution in [0.5, 0.6) is 0 Å². The molecule has 3 nitrogen and oxygen atoms in total. The lowest BCUT2D eigenvalue weighted by Crippen LogP contribution is -2.37. The molecule has 0 radical (unpaired) electrons. The molecule has 1 amide bonds. The predicted molar refractivity (Wildman–Crippen MR) is 72.2 cm³/mol. The Bertz CT molecular complexity index is 324. The zero-order valence-electron chi connectivity index (χ0n) is 10.8. The van der Waals surface area contributed by atoms with Crippen LogP contribution in [-0.2, 0) is 4.79 Å². The van der Waals surface area contributed by atoms with Gasteiger partial charge in [-0.1, -0.05) is 31.5 Å². The minimum atomic E-state index is 0.101. The molecule has 0 aromatic heterocycles. The summed E-state index contributed by atoms with van der Waals surface area (Å²) < 4.78 is 0. The molecule has 17 heavy (non-hydrogen) atoms. The molecule has 1 aromatic rings. The molecule has 94 valence electrons. The maximum atomic E-state index is 11.7. The number of anilines is 1. The average Bonchev–Trinajstić information content (AvgIpc) is 2.37. The van der Waals surface area contributed by atoms with Crippen molar-refractivity contribution in [1.29, 1.82) is 0 Å². The van der Waals surface area contributed by atoms with Gasteiger partial charge >= 0.3 is 0 Å². The highest BCUT2D eigenvalue weighted by molar-refractivity contribution is 5.81. The van der Waals surface area contributed by atoms with Crippen molar-refractivity contribution in [2.45, 2.75) is 26.7 Å². The van der Waals surface area contributed by atoms with Crippen LogP contribution in [0.1, 0.15) is 26.7 Å². The van der Waals surface area contributed by atoms with E-state index in [4.69, 9.17) is 0 Å². The third-order valence-corrected chi connectivity index (χ3v) is 2.69. The van der Waals surface area contributed by atoms with Crippen molar-refractivity contribution >= 4 is 11.6 Å². The number of benzene rings is 1. The van der Waals surface area contributed by atoms with Crippen molar-refractivity contribution in [3.05, 3.63) is 30.3 Å². The van der Waals surface area contributed by atoms with Crippen molar-refractivity contribution in [3.63, 3.8) is 0 Å². The molecular formula is C14H22N2O. The maximum absolute atomic E-state index is 11.7. The number of nitrogens with one attached hydrogen (secondary N) is 1. The van der Waals surface area contributed by atoms with E-state index in [2.05, 4.69) is 24.1 Å². The van der Waals surface area contributed by atoms with Gasteiger partial charge in [-0.2, -0.15) is 0 Å². The third-order valence-electron chi connectivity index (χ3n) is 2.69. The van der Waals surface area contributed by atoms with Crippen LogP contribution >= 0.6 is 0 Å². The molecule has 0 spiro atoms. The number of hydrogen-bond acceptors (Lipinski definition) is 2. The van der Waals surface area contributed by atoms with Crippen molar-refractivity contribution in [3.8, 4) is 0 Å². The standard InChI is InChI=1S/C14H22N2O/c1-3-5-11-15-14(17)12-16(4-2)13-9-7-6-8-10-13/h6-10H,3-5,11-12H2,1-2H3,(H,15,17). The summed E-state index contributed by atoms with van der Waals surface area (Å²) in [6.45, 7) is 6.23. The molecule has 1 aromatic carbocycles. The molecule has 0 aliphatic heterocycles. The van der Waals surface area contributed by atoms with Gasteiger partial charge in [-0.25, -0.2) is 0 Å². The first-order valence-corrected chi connectivity index (χ1v) is 6.34. The van der Waals surface area contributed by atoms with E-state index >= 15 is 0 Å². The lowest BCUT2D eigenvalue weighted by atomic mass is 10.3. The van der Waals surface area contributed by atoms with Crippen LogP contribution < -0.4 is 10.2 Å². The fourth-order valence-electron chi connectivity index (χ4n) is 1.66. The van der Waals surface area contributed by atoms with E-state index in [0.717, 1.165) is 31.6 Å². The van der Waals surface area contributed by atoms with Crippen LogP contribution in [0.3, 0.4) is 0 Å². The SMILES string of the molecule is CCCCNC(=O)CN(CC)c1ccccc1. The van der Waals surface area contributed by atoms with Gasteiger partial charge in [0, 0.05) is 18.8 Å². The van der Waals surface area contributed by atoms with E-state index in [-0.39, 0.29) is 5.91 Å². The summed E-state index contributed by atoms with van der Waals surface area (Å²) in [5.41, 5.74) is 1.10. The largest absolute Gasteiger partial charge is 0.363 e. The molecule has 0 saturated heterocycles. The van der Waals surface area contributed by atoms with Crippen molar-refractivity contribution in [1.82, 2.24) is 5.32 Å². The summed E-state index contributed by atoms with van der Waals surface area (Å²) in [6, 6.07) is 10.0. The normalized spacial score (nSPS) is 10.0. The number of rotatable bonds is 7. The number of hydrogen-bond donors (Lipinski definition) is 1. The van der Waals surface area contributed by atoms with E-state index in [9.17, 15) is 4.79 Å². The van der Waals surface area contributed by atoms with Crippen molar-refractivity contribution in [2.24, 2.45) is 0 Å². The fraction of sp³-hybridized carbons (Fsp3) is 0.500. The highest BCUT2D eigenvalue weighted by Crippen LogP contribution is 2.11. The molecule has 1 N–H and O–H groups in total. The lowest BCUT2D eigenvalue weighted by Gasteiger charge is -2.22. The molecule has 0 fully saturated rings. The number of para-hydroxylation sites is 1. The molecule has 1 rings (SSSR count). The number of likely N-dealkylation sites (N-methyl/N-ethyl adjacent to an activating group) is 1. The minimum Gasteiger partial charge on any atom is -0.363 e. The second-order valence-electron chi connectivity index (χ2n) is 4.05. The molecule has 0 atom stereocenters. The monoisotopic (exact) mass is 234 g/mol. The molecule has 0 bridgehead atoms. The van der Waals surface area contributed by atoms with Gasteiger partial charge in [0.1, 0.15) is 0 Å². The smallest absolute Gasteiger partial charge is 0.239 e. The Morgan fingerprint density at radius 2 is 1.94 bits per heavy atom. The van der Waals surface area contributed by atoms with Gasteiger partial charge in [-0.15, -0.1) is 0 Å². The molecule has 3 heteroatoms. The molecule has 0 saturated carbocycles. The fourth-order valence-corrected chi connectivity index (χ4v) is 1.66. The van der Waals surface area contributed by atoms with Gasteiger partial charge in [0.25, 0.3) is 0 Å². The number of unbranched alkanes of at least 4 members (excludes halogenated alkanes) is 1. The Kier molecular flexibility index (Phi) is 6.15. The summed E-state index contributed by atoms with van der Waals surface area (Å²) in [6.07, 6.45) is 2.15. The van der Waals surface area contributed by atoms with Crippen LogP contribution in [-0.4, -0.2) is 25.5 Å². The van der Waals surface area contributed by atoms with E-state index in [1.165, 1.54) is 0 Å². The highest BCUT2D eigenvalue weighted by atomic mass is 16.2. The van der Waals surface area contributed by atoms with Gasteiger partial charge in [-0.3, -0.25) is 4.79 Å². The van der Waals surface area contributed by atoms with Crippen LogP contribution in [0.25, 0.3) is 0 Å². The quantitative estimate of drug-likeness (QED) is 0.735. The minimum absolute atomic E-state index is 0.101. The Labute approximate surface area is 104 Å². The average molecular weight is 234 g/mol. The van der Waals surface area contributed by atoms with E-state index in [0.29, 0.717) is 6.54 Å². The second kappa shape index (κ2) is 7.71. The van der Waals surface area contributed by atoms with Crippen molar-refractivity contribution in [2.75, 3.05) is 24.5 Å². The van der Waals surface area contributed by atoms with Gasteiger partial charge < -0.3 is 10.2 Å². The predicted octanol–water partition coefficient (Wildman–Crippen LogP) is 2.43. The van der Waals surface area contributed by atoms with Crippen LogP contribution in [0, 0.1) is 0 Å². The lowest BCUT2D eigenvalue weighted by molar-refractivity contribution is -0.119. The Balaban J connectivity index is 2.44. The summed E-state index contributed by atoms with van der Waals surface area (Å²) >= 11 is 0. The number of carbonyl (C=O) groups is 1. The summed E-state index contributed by atoms with van der Waals surface area (Å²) in [4.78, 5) is 13.8. The Morgan fingerprint density at radius 1 is 1.24 bits per heavy atom. The van der Waals surface area contributed by atoms with Crippen LogP contribution in [0.2, 0.25) is 0 Å². The molecule has 0 aliphatic rings. The number of nitrogens with zero attached hydrogens (tertiary/aromatic N) is 1. The molecule has 0 unspecified atom stereocenters. The third kappa shape index (κ3) is 4.89. The number of amides is 1. The number of carbonyl (C=O) groups excluding carboxylic acids is 1. The van der Waals surface area contributed by atoms with Crippen molar-refractivity contribution < 1.29 is 4.79 Å². The Hall–Kier alpha value is -1.51. The molecular weight excluding hydrogens is 212 g/mol. The summed E-state index contributed by atoms with van der Waals surface area (Å²) in [7, 11) is 0. The highest BCUT2D eigenvalue weighted by Gasteiger charge is 2.08. The second-order valence-corrected chi connectivity index (χ2v) is 4.05.